The molecule has 0 spiro atoms. The first-order valence-corrected chi connectivity index (χ1v) is 9.22. The summed E-state index contributed by atoms with van der Waals surface area (Å²) in [7, 11) is 0. The highest BCUT2D eigenvalue weighted by Gasteiger charge is 2.20. The molecule has 1 aliphatic heterocycles. The third kappa shape index (κ3) is 4.20. The molecule has 4 rings (SSSR count). The molecule has 0 bridgehead atoms. The van der Waals surface area contributed by atoms with Gasteiger partial charge < -0.3 is 4.90 Å². The molecule has 2 heterocycles. The molecule has 5 nitrogen and oxygen atoms in total. The first kappa shape index (κ1) is 17.4. The minimum atomic E-state index is 0.166. The van der Waals surface area contributed by atoms with Gasteiger partial charge in [-0.3, -0.25) is 9.69 Å². The fraction of sp³-hybridized carbons (Fsp3) is 0.227. The van der Waals surface area contributed by atoms with Crippen molar-refractivity contribution in [1.29, 1.82) is 0 Å². The van der Waals surface area contributed by atoms with Crippen molar-refractivity contribution in [2.24, 2.45) is 0 Å². The van der Waals surface area contributed by atoms with Crippen molar-refractivity contribution in [3.63, 3.8) is 0 Å². The molecule has 136 valence electrons. The van der Waals surface area contributed by atoms with E-state index in [-0.39, 0.29) is 5.78 Å². The average Bonchev–Trinajstić information content (AvgIpc) is 2.76. The number of anilines is 1. The Morgan fingerprint density at radius 1 is 0.778 bits per heavy atom. The molecule has 3 aromatic rings. The van der Waals surface area contributed by atoms with Gasteiger partial charge in [-0.25, -0.2) is 9.97 Å². The van der Waals surface area contributed by atoms with Crippen molar-refractivity contribution < 1.29 is 4.79 Å². The van der Waals surface area contributed by atoms with Crippen LogP contribution in [0, 0.1) is 0 Å². The zero-order valence-corrected chi connectivity index (χ0v) is 15.2. The number of aromatic nitrogens is 2. The van der Waals surface area contributed by atoms with Crippen LogP contribution in [0.2, 0.25) is 0 Å². The van der Waals surface area contributed by atoms with Crippen molar-refractivity contribution in [2.45, 2.75) is 0 Å². The lowest BCUT2D eigenvalue weighted by atomic mass is 10.0. The van der Waals surface area contributed by atoms with Crippen molar-refractivity contribution in [2.75, 3.05) is 37.6 Å². The van der Waals surface area contributed by atoms with Crippen LogP contribution in [-0.4, -0.2) is 53.4 Å². The number of carbonyl (C=O) groups is 1. The summed E-state index contributed by atoms with van der Waals surface area (Å²) in [6, 6.07) is 19.9. The molecule has 0 saturated carbocycles. The van der Waals surface area contributed by atoms with Gasteiger partial charge in [0.25, 0.3) is 0 Å². The topological polar surface area (TPSA) is 49.3 Å². The van der Waals surface area contributed by atoms with E-state index in [1.54, 1.807) is 12.4 Å². The van der Waals surface area contributed by atoms with Crippen LogP contribution in [-0.2, 0) is 0 Å². The Morgan fingerprint density at radius 2 is 1.41 bits per heavy atom. The van der Waals surface area contributed by atoms with Crippen LogP contribution in [0.1, 0.15) is 10.4 Å². The van der Waals surface area contributed by atoms with Crippen LogP contribution in [0.3, 0.4) is 0 Å². The second-order valence-corrected chi connectivity index (χ2v) is 6.68. The number of nitrogens with zero attached hydrogens (tertiary/aromatic N) is 4. The minimum Gasteiger partial charge on any atom is -0.338 e. The van der Waals surface area contributed by atoms with Gasteiger partial charge >= 0.3 is 0 Å². The van der Waals surface area contributed by atoms with Gasteiger partial charge in [0.2, 0.25) is 5.95 Å². The van der Waals surface area contributed by atoms with E-state index in [1.165, 1.54) is 0 Å². The summed E-state index contributed by atoms with van der Waals surface area (Å²) in [4.78, 5) is 25.6. The van der Waals surface area contributed by atoms with E-state index >= 15 is 0 Å². The largest absolute Gasteiger partial charge is 0.338 e. The molecular formula is C22H22N4O. The molecule has 5 heteroatoms. The summed E-state index contributed by atoms with van der Waals surface area (Å²) in [6.07, 6.45) is 3.52. The summed E-state index contributed by atoms with van der Waals surface area (Å²) in [5, 5.41) is 0. The Balaban J connectivity index is 1.33. The van der Waals surface area contributed by atoms with Crippen LogP contribution < -0.4 is 4.90 Å². The number of rotatable bonds is 5. The Hall–Kier alpha value is -3.05. The fourth-order valence-corrected chi connectivity index (χ4v) is 3.33. The zero-order chi connectivity index (χ0) is 18.5. The number of Topliss-reactive ketones (excluding diaryl/α,β-unsaturated/α-hetero) is 1. The van der Waals surface area contributed by atoms with E-state index in [1.807, 2.05) is 48.5 Å². The maximum absolute atomic E-state index is 12.6. The van der Waals surface area contributed by atoms with Crippen LogP contribution in [0.4, 0.5) is 5.95 Å². The lowest BCUT2D eigenvalue weighted by molar-refractivity contribution is 0.0926. The first-order valence-electron chi connectivity index (χ1n) is 9.22. The first-order chi connectivity index (χ1) is 13.3. The third-order valence-electron chi connectivity index (χ3n) is 4.89. The van der Waals surface area contributed by atoms with Gasteiger partial charge in [0.1, 0.15) is 0 Å². The predicted octanol–water partition coefficient (Wildman–Crippen LogP) is 3.15. The quantitative estimate of drug-likeness (QED) is 0.656. The Morgan fingerprint density at radius 3 is 2.07 bits per heavy atom. The predicted molar refractivity (Wildman–Crippen MR) is 107 cm³/mol. The van der Waals surface area contributed by atoms with Crippen LogP contribution in [0.5, 0.6) is 0 Å². The Kier molecular flexibility index (Phi) is 5.21. The summed E-state index contributed by atoms with van der Waals surface area (Å²) in [6.45, 7) is 3.81. The van der Waals surface area contributed by atoms with E-state index in [9.17, 15) is 4.79 Å². The highest BCUT2D eigenvalue weighted by molar-refractivity contribution is 5.98. The van der Waals surface area contributed by atoms with Crippen molar-refractivity contribution in [3.8, 4) is 11.1 Å². The van der Waals surface area contributed by atoms with Crippen LogP contribution >= 0.6 is 0 Å². The second-order valence-electron chi connectivity index (χ2n) is 6.68. The van der Waals surface area contributed by atoms with Gasteiger partial charge in [0.15, 0.2) is 5.78 Å². The maximum atomic E-state index is 12.6. The number of carbonyl (C=O) groups excluding carboxylic acids is 1. The van der Waals surface area contributed by atoms with Gasteiger partial charge in [0, 0.05) is 44.1 Å². The van der Waals surface area contributed by atoms with E-state index in [0.29, 0.717) is 6.54 Å². The third-order valence-corrected chi connectivity index (χ3v) is 4.89. The molecule has 1 saturated heterocycles. The van der Waals surface area contributed by atoms with E-state index in [4.69, 9.17) is 0 Å². The number of hydrogen-bond donors (Lipinski definition) is 0. The summed E-state index contributed by atoms with van der Waals surface area (Å²) in [5.41, 5.74) is 3.06. The van der Waals surface area contributed by atoms with E-state index < -0.39 is 0 Å². The van der Waals surface area contributed by atoms with Crippen LogP contribution in [0.15, 0.2) is 73.1 Å². The molecule has 0 N–H and O–H groups in total. The zero-order valence-electron chi connectivity index (χ0n) is 15.2. The highest BCUT2D eigenvalue weighted by Crippen LogP contribution is 2.19. The summed E-state index contributed by atoms with van der Waals surface area (Å²) < 4.78 is 0. The monoisotopic (exact) mass is 358 g/mol. The standard InChI is InChI=1S/C22H22N4O/c27-21(20-9-7-19(8-10-20)18-5-2-1-3-6-18)17-25-13-15-26(16-14-25)22-23-11-4-12-24-22/h1-12H,13-17H2. The number of benzene rings is 2. The highest BCUT2D eigenvalue weighted by atomic mass is 16.1. The molecule has 0 radical (unpaired) electrons. The van der Waals surface area contributed by atoms with Gasteiger partial charge in [-0.05, 0) is 17.2 Å². The molecule has 1 aromatic heterocycles. The van der Waals surface area contributed by atoms with Crippen molar-refractivity contribution in [3.05, 3.63) is 78.6 Å². The molecule has 27 heavy (non-hydrogen) atoms. The average molecular weight is 358 g/mol. The minimum absolute atomic E-state index is 0.166. The maximum Gasteiger partial charge on any atom is 0.225 e. The molecule has 1 fully saturated rings. The fourth-order valence-electron chi connectivity index (χ4n) is 3.33. The Bertz CT molecular complexity index is 873. The van der Waals surface area contributed by atoms with Crippen molar-refractivity contribution >= 4 is 11.7 Å². The number of hydrogen-bond acceptors (Lipinski definition) is 5. The van der Waals surface area contributed by atoms with Gasteiger partial charge in [-0.2, -0.15) is 0 Å². The van der Waals surface area contributed by atoms with Gasteiger partial charge in [0.05, 0.1) is 6.54 Å². The summed E-state index contributed by atoms with van der Waals surface area (Å²) >= 11 is 0. The lowest BCUT2D eigenvalue weighted by Crippen LogP contribution is -2.48. The molecule has 0 amide bonds. The number of ketones is 1. The van der Waals surface area contributed by atoms with Gasteiger partial charge in [-0.15, -0.1) is 0 Å². The smallest absolute Gasteiger partial charge is 0.225 e. The normalized spacial score (nSPS) is 14.9. The van der Waals surface area contributed by atoms with E-state index in [0.717, 1.165) is 48.8 Å². The second kappa shape index (κ2) is 8.10. The lowest BCUT2D eigenvalue weighted by Gasteiger charge is -2.34. The van der Waals surface area contributed by atoms with Crippen LogP contribution in [0.25, 0.3) is 11.1 Å². The SMILES string of the molecule is O=C(CN1CCN(c2ncccn2)CC1)c1ccc(-c2ccccc2)cc1. The molecule has 0 unspecified atom stereocenters. The Labute approximate surface area is 159 Å². The van der Waals surface area contributed by atoms with Crippen molar-refractivity contribution in [1.82, 2.24) is 14.9 Å². The molecule has 1 aliphatic rings. The molecule has 0 aliphatic carbocycles. The molecular weight excluding hydrogens is 336 g/mol. The number of piperazine rings is 1. The molecule has 0 atom stereocenters. The molecule has 2 aromatic carbocycles. The summed E-state index contributed by atoms with van der Waals surface area (Å²) in [5.74, 6) is 0.930. The van der Waals surface area contributed by atoms with Gasteiger partial charge in [-0.1, -0.05) is 54.6 Å². The van der Waals surface area contributed by atoms with E-state index in [2.05, 4.69) is 31.9 Å².